The first kappa shape index (κ1) is 12.4. The summed E-state index contributed by atoms with van der Waals surface area (Å²) in [6, 6.07) is 0.0210. The molecule has 0 aromatic carbocycles. The van der Waals surface area contributed by atoms with Gasteiger partial charge in [-0.25, -0.2) is 0 Å². The van der Waals surface area contributed by atoms with Crippen LogP contribution in [0.3, 0.4) is 0 Å². The molecule has 1 aliphatic rings. The second-order valence-electron chi connectivity index (χ2n) is 4.55. The molecule has 1 aromatic heterocycles. The van der Waals surface area contributed by atoms with E-state index >= 15 is 0 Å². The summed E-state index contributed by atoms with van der Waals surface area (Å²) in [5.41, 5.74) is 7.12. The molecule has 7 nitrogen and oxygen atoms in total. The number of nitrogen functional groups attached to an aromatic ring is 1. The number of hydrogen-bond acceptors (Lipinski definition) is 4. The van der Waals surface area contributed by atoms with Crippen LogP contribution in [0.1, 0.15) is 29.5 Å². The predicted molar refractivity (Wildman–Crippen MR) is 65.9 cm³/mol. The molecule has 1 saturated heterocycles. The number of aromatic nitrogens is 2. The highest BCUT2D eigenvalue weighted by Gasteiger charge is 2.29. The van der Waals surface area contributed by atoms with Gasteiger partial charge in [0.05, 0.1) is 11.4 Å². The Morgan fingerprint density at radius 1 is 1.56 bits per heavy atom. The Hall–Kier alpha value is -2.05. The summed E-state index contributed by atoms with van der Waals surface area (Å²) in [5.74, 6) is -0.269. The van der Waals surface area contributed by atoms with Gasteiger partial charge in [0.25, 0.3) is 5.91 Å². The van der Waals surface area contributed by atoms with Crippen molar-refractivity contribution in [3.8, 4) is 0 Å². The Morgan fingerprint density at radius 3 is 2.83 bits per heavy atom. The molecule has 7 heteroatoms. The zero-order valence-corrected chi connectivity index (χ0v) is 10.5. The Kier molecular flexibility index (Phi) is 3.22. The van der Waals surface area contributed by atoms with Gasteiger partial charge in [0.2, 0.25) is 5.91 Å². The summed E-state index contributed by atoms with van der Waals surface area (Å²) >= 11 is 0. The molecule has 2 rings (SSSR count). The molecule has 0 radical (unpaired) electrons. The van der Waals surface area contributed by atoms with Crippen LogP contribution in [0, 0.1) is 6.92 Å². The fourth-order valence-corrected chi connectivity index (χ4v) is 2.10. The summed E-state index contributed by atoms with van der Waals surface area (Å²) in [6.45, 7) is 4.35. The minimum atomic E-state index is -0.190. The Bertz CT molecular complexity index is 482. The van der Waals surface area contributed by atoms with E-state index < -0.39 is 0 Å². The summed E-state index contributed by atoms with van der Waals surface area (Å²) in [7, 11) is 0. The second kappa shape index (κ2) is 4.67. The number of carbonyl (C=O) groups is 2. The number of aryl methyl sites for hydroxylation is 1. The molecule has 4 N–H and O–H groups in total. The molecule has 18 heavy (non-hydrogen) atoms. The lowest BCUT2D eigenvalue weighted by Crippen LogP contribution is -2.37. The number of H-pyrrole nitrogens is 1. The molecule has 2 amide bonds. The van der Waals surface area contributed by atoms with E-state index in [4.69, 9.17) is 5.73 Å². The summed E-state index contributed by atoms with van der Waals surface area (Å²) < 4.78 is 0. The van der Waals surface area contributed by atoms with E-state index in [0.717, 1.165) is 6.42 Å². The van der Waals surface area contributed by atoms with Gasteiger partial charge in [0.15, 0.2) is 5.69 Å². The zero-order valence-electron chi connectivity index (χ0n) is 10.5. The van der Waals surface area contributed by atoms with Gasteiger partial charge in [-0.1, -0.05) is 0 Å². The molecule has 1 aliphatic heterocycles. The summed E-state index contributed by atoms with van der Waals surface area (Å²) in [5, 5.41) is 9.42. The summed E-state index contributed by atoms with van der Waals surface area (Å²) in [4.78, 5) is 24.8. The number of anilines is 1. The average molecular weight is 251 g/mol. The van der Waals surface area contributed by atoms with E-state index in [1.54, 1.807) is 11.8 Å². The van der Waals surface area contributed by atoms with Crippen molar-refractivity contribution in [1.82, 2.24) is 20.4 Å². The number of nitrogens with two attached hydrogens (primary N) is 1. The largest absolute Gasteiger partial charge is 0.395 e. The van der Waals surface area contributed by atoms with E-state index in [1.165, 1.54) is 6.92 Å². The molecular weight excluding hydrogens is 234 g/mol. The van der Waals surface area contributed by atoms with Crippen molar-refractivity contribution in [3.63, 3.8) is 0 Å². The van der Waals surface area contributed by atoms with Crippen LogP contribution in [0.5, 0.6) is 0 Å². The Morgan fingerprint density at radius 2 is 2.28 bits per heavy atom. The molecule has 0 saturated carbocycles. The SMILES string of the molecule is CC(=O)NC1CCN(C(=O)c2n[nH]c(C)c2N)C1. The van der Waals surface area contributed by atoms with Crippen LogP contribution < -0.4 is 11.1 Å². The first-order valence-electron chi connectivity index (χ1n) is 5.86. The molecule has 0 aliphatic carbocycles. The lowest BCUT2D eigenvalue weighted by Gasteiger charge is -2.15. The number of amides is 2. The molecule has 0 bridgehead atoms. The molecule has 1 fully saturated rings. The van der Waals surface area contributed by atoms with Crippen LogP contribution in [-0.2, 0) is 4.79 Å². The Labute approximate surface area is 105 Å². The number of rotatable bonds is 2. The van der Waals surface area contributed by atoms with Crippen LogP contribution >= 0.6 is 0 Å². The maximum Gasteiger partial charge on any atom is 0.276 e. The van der Waals surface area contributed by atoms with Gasteiger partial charge in [-0.15, -0.1) is 0 Å². The quantitative estimate of drug-likeness (QED) is 0.668. The molecule has 0 spiro atoms. The summed E-state index contributed by atoms with van der Waals surface area (Å²) in [6.07, 6.45) is 0.759. The van der Waals surface area contributed by atoms with Gasteiger partial charge in [0.1, 0.15) is 0 Å². The second-order valence-corrected chi connectivity index (χ2v) is 4.55. The van der Waals surface area contributed by atoms with Gasteiger partial charge in [-0.05, 0) is 13.3 Å². The number of carbonyl (C=O) groups excluding carboxylic acids is 2. The lowest BCUT2D eigenvalue weighted by molar-refractivity contribution is -0.119. The first-order valence-corrected chi connectivity index (χ1v) is 5.86. The van der Waals surface area contributed by atoms with Crippen molar-refractivity contribution in [2.24, 2.45) is 0 Å². The van der Waals surface area contributed by atoms with E-state index in [0.29, 0.717) is 24.5 Å². The number of likely N-dealkylation sites (tertiary alicyclic amines) is 1. The maximum absolute atomic E-state index is 12.2. The van der Waals surface area contributed by atoms with Crippen molar-refractivity contribution in [3.05, 3.63) is 11.4 Å². The number of hydrogen-bond donors (Lipinski definition) is 3. The minimum absolute atomic E-state index is 0.0210. The van der Waals surface area contributed by atoms with Crippen molar-refractivity contribution < 1.29 is 9.59 Å². The highest BCUT2D eigenvalue weighted by Crippen LogP contribution is 2.18. The van der Waals surface area contributed by atoms with Crippen LogP contribution in [0.25, 0.3) is 0 Å². The van der Waals surface area contributed by atoms with E-state index in [1.807, 2.05) is 0 Å². The van der Waals surface area contributed by atoms with E-state index in [-0.39, 0.29) is 23.6 Å². The van der Waals surface area contributed by atoms with E-state index in [9.17, 15) is 9.59 Å². The third-order valence-electron chi connectivity index (χ3n) is 3.08. The molecular formula is C11H17N5O2. The van der Waals surface area contributed by atoms with Crippen molar-refractivity contribution in [2.75, 3.05) is 18.8 Å². The van der Waals surface area contributed by atoms with Gasteiger partial charge >= 0.3 is 0 Å². The van der Waals surface area contributed by atoms with Gasteiger partial charge in [-0.3, -0.25) is 14.7 Å². The number of aromatic amines is 1. The third-order valence-corrected chi connectivity index (χ3v) is 3.08. The minimum Gasteiger partial charge on any atom is -0.395 e. The number of nitrogens with zero attached hydrogens (tertiary/aromatic N) is 2. The smallest absolute Gasteiger partial charge is 0.276 e. The number of nitrogens with one attached hydrogen (secondary N) is 2. The normalized spacial score (nSPS) is 19.0. The monoisotopic (exact) mass is 251 g/mol. The van der Waals surface area contributed by atoms with Crippen molar-refractivity contribution in [2.45, 2.75) is 26.3 Å². The fraction of sp³-hybridized carbons (Fsp3) is 0.545. The van der Waals surface area contributed by atoms with Gasteiger partial charge in [-0.2, -0.15) is 5.10 Å². The molecule has 2 heterocycles. The van der Waals surface area contributed by atoms with Crippen LogP contribution in [0.2, 0.25) is 0 Å². The third kappa shape index (κ3) is 2.29. The standard InChI is InChI=1S/C11H17N5O2/c1-6-9(12)10(15-14-6)11(18)16-4-3-8(5-16)13-7(2)17/h8H,3-5,12H2,1-2H3,(H,13,17)(H,14,15). The molecule has 98 valence electrons. The predicted octanol–water partition coefficient (Wildman–Crippen LogP) is -0.349. The van der Waals surface area contributed by atoms with Crippen LogP contribution in [-0.4, -0.2) is 46.0 Å². The average Bonchev–Trinajstić information content (AvgIpc) is 2.87. The van der Waals surface area contributed by atoms with Crippen molar-refractivity contribution in [1.29, 1.82) is 0 Å². The topological polar surface area (TPSA) is 104 Å². The van der Waals surface area contributed by atoms with Crippen LogP contribution in [0.4, 0.5) is 5.69 Å². The van der Waals surface area contributed by atoms with Gasteiger partial charge in [0, 0.05) is 26.1 Å². The van der Waals surface area contributed by atoms with Gasteiger partial charge < -0.3 is 16.0 Å². The first-order chi connectivity index (χ1) is 8.49. The molecule has 1 unspecified atom stereocenters. The van der Waals surface area contributed by atoms with E-state index in [2.05, 4.69) is 15.5 Å². The maximum atomic E-state index is 12.2. The highest BCUT2D eigenvalue weighted by atomic mass is 16.2. The zero-order chi connectivity index (χ0) is 13.3. The van der Waals surface area contributed by atoms with Crippen LogP contribution in [0.15, 0.2) is 0 Å². The Balaban J connectivity index is 2.03. The lowest BCUT2D eigenvalue weighted by atomic mass is 10.2. The molecule has 1 aromatic rings. The highest BCUT2D eigenvalue weighted by molar-refractivity contribution is 5.97. The fourth-order valence-electron chi connectivity index (χ4n) is 2.10. The molecule has 1 atom stereocenters. The van der Waals surface area contributed by atoms with Crippen molar-refractivity contribution >= 4 is 17.5 Å².